The Bertz CT molecular complexity index is 921. The number of carbonyl (C=O) groups excluding carboxylic acids is 2. The van der Waals surface area contributed by atoms with Crippen LogP contribution in [0.3, 0.4) is 0 Å². The van der Waals surface area contributed by atoms with Crippen molar-refractivity contribution in [2.45, 2.75) is 33.0 Å². The molecule has 1 saturated heterocycles. The fraction of sp³-hybridized carbons (Fsp3) is 0.462. The molecule has 7 heteroatoms. The molecule has 0 bridgehead atoms. The molecule has 1 atom stereocenters. The van der Waals surface area contributed by atoms with E-state index in [0.29, 0.717) is 17.9 Å². The van der Waals surface area contributed by atoms with Gasteiger partial charge in [0.15, 0.2) is 0 Å². The zero-order valence-electron chi connectivity index (χ0n) is 20.1. The van der Waals surface area contributed by atoms with Crippen molar-refractivity contribution < 1.29 is 14.3 Å². The zero-order valence-corrected chi connectivity index (χ0v) is 20.1. The first kappa shape index (κ1) is 24.7. The Labute approximate surface area is 197 Å². The second-order valence-corrected chi connectivity index (χ2v) is 9.04. The molecule has 1 unspecified atom stereocenters. The summed E-state index contributed by atoms with van der Waals surface area (Å²) in [5.41, 5.74) is 2.80. The Kier molecular flexibility index (Phi) is 8.86. The van der Waals surface area contributed by atoms with Crippen LogP contribution in [0.5, 0.6) is 5.75 Å². The molecular weight excluding hydrogens is 416 g/mol. The molecular formula is C26H36N4O3. The Morgan fingerprint density at radius 3 is 2.30 bits per heavy atom. The Morgan fingerprint density at radius 1 is 1.00 bits per heavy atom. The van der Waals surface area contributed by atoms with E-state index in [4.69, 9.17) is 4.74 Å². The van der Waals surface area contributed by atoms with E-state index in [2.05, 4.69) is 39.6 Å². The molecule has 178 valence electrons. The molecule has 2 aromatic carbocycles. The molecule has 0 radical (unpaired) electrons. The number of hydrogen-bond donors (Lipinski definition) is 2. The molecule has 0 spiro atoms. The monoisotopic (exact) mass is 452 g/mol. The van der Waals surface area contributed by atoms with Crippen LogP contribution in [0.25, 0.3) is 0 Å². The average molecular weight is 453 g/mol. The van der Waals surface area contributed by atoms with E-state index in [9.17, 15) is 9.59 Å². The standard InChI is InChI=1S/C26H36N4O3/c1-19(2)24(28-25(31)22-8-10-23(33-4)11-9-22)26(32)27-17-20-6-5-7-21(16-20)18-30-14-12-29(3)13-15-30/h5-11,16,19,24H,12-15,17-18H2,1-4H3,(H,27,32)(H,28,31). The average Bonchev–Trinajstić information content (AvgIpc) is 2.82. The van der Waals surface area contributed by atoms with Crippen molar-refractivity contribution in [2.75, 3.05) is 40.3 Å². The molecule has 1 fully saturated rings. The van der Waals surface area contributed by atoms with Crippen molar-refractivity contribution in [1.82, 2.24) is 20.4 Å². The predicted octanol–water partition coefficient (Wildman–Crippen LogP) is 2.51. The van der Waals surface area contributed by atoms with Gasteiger partial charge in [-0.1, -0.05) is 38.1 Å². The number of rotatable bonds is 9. The van der Waals surface area contributed by atoms with Gasteiger partial charge in [0.25, 0.3) is 5.91 Å². The lowest BCUT2D eigenvalue weighted by Gasteiger charge is -2.32. The van der Waals surface area contributed by atoms with Crippen molar-refractivity contribution in [3.63, 3.8) is 0 Å². The number of benzene rings is 2. The highest BCUT2D eigenvalue weighted by Crippen LogP contribution is 2.13. The van der Waals surface area contributed by atoms with Gasteiger partial charge < -0.3 is 20.3 Å². The number of carbonyl (C=O) groups is 2. The molecule has 7 nitrogen and oxygen atoms in total. The van der Waals surface area contributed by atoms with Crippen molar-refractivity contribution in [3.8, 4) is 5.75 Å². The van der Waals surface area contributed by atoms with Gasteiger partial charge in [0.05, 0.1) is 7.11 Å². The maximum absolute atomic E-state index is 12.9. The summed E-state index contributed by atoms with van der Waals surface area (Å²) in [4.78, 5) is 30.4. The largest absolute Gasteiger partial charge is 0.497 e. The van der Waals surface area contributed by atoms with E-state index in [0.717, 1.165) is 38.3 Å². The summed E-state index contributed by atoms with van der Waals surface area (Å²) < 4.78 is 5.14. The predicted molar refractivity (Wildman–Crippen MR) is 130 cm³/mol. The van der Waals surface area contributed by atoms with E-state index in [-0.39, 0.29) is 17.7 Å². The second kappa shape index (κ2) is 11.8. The summed E-state index contributed by atoms with van der Waals surface area (Å²) in [5.74, 6) is 0.173. The van der Waals surface area contributed by atoms with Crippen LogP contribution >= 0.6 is 0 Å². The van der Waals surface area contributed by atoms with Crippen molar-refractivity contribution in [2.24, 2.45) is 5.92 Å². The lowest BCUT2D eigenvalue weighted by molar-refractivity contribution is -0.124. The van der Waals surface area contributed by atoms with Gasteiger partial charge in [0.2, 0.25) is 5.91 Å². The molecule has 3 rings (SSSR count). The summed E-state index contributed by atoms with van der Waals surface area (Å²) in [7, 11) is 3.74. The fourth-order valence-corrected chi connectivity index (χ4v) is 3.90. The van der Waals surface area contributed by atoms with E-state index in [1.807, 2.05) is 26.0 Å². The minimum Gasteiger partial charge on any atom is -0.497 e. The SMILES string of the molecule is COc1ccc(C(=O)NC(C(=O)NCc2cccc(CN3CCN(C)CC3)c2)C(C)C)cc1. The number of hydrogen-bond acceptors (Lipinski definition) is 5. The van der Waals surface area contributed by atoms with Gasteiger partial charge in [-0.3, -0.25) is 14.5 Å². The quantitative estimate of drug-likeness (QED) is 0.612. The van der Waals surface area contributed by atoms with Crippen molar-refractivity contribution >= 4 is 11.8 Å². The molecule has 1 aliphatic heterocycles. The van der Waals surface area contributed by atoms with Gasteiger partial charge in [-0.25, -0.2) is 0 Å². The first-order valence-electron chi connectivity index (χ1n) is 11.6. The number of likely N-dealkylation sites (N-methyl/N-ethyl adjacent to an activating group) is 1. The highest BCUT2D eigenvalue weighted by Gasteiger charge is 2.24. The van der Waals surface area contributed by atoms with Crippen LogP contribution in [-0.2, 0) is 17.9 Å². The number of methoxy groups -OCH3 is 1. The Morgan fingerprint density at radius 2 is 1.67 bits per heavy atom. The van der Waals surface area contributed by atoms with E-state index < -0.39 is 6.04 Å². The van der Waals surface area contributed by atoms with E-state index in [1.165, 1.54) is 5.56 Å². The maximum Gasteiger partial charge on any atom is 0.251 e. The topological polar surface area (TPSA) is 73.9 Å². The lowest BCUT2D eigenvalue weighted by Crippen LogP contribution is -2.49. The third-order valence-electron chi connectivity index (χ3n) is 6.05. The van der Waals surface area contributed by atoms with Crippen molar-refractivity contribution in [3.05, 3.63) is 65.2 Å². The van der Waals surface area contributed by atoms with Crippen molar-refractivity contribution in [1.29, 1.82) is 0 Å². The van der Waals surface area contributed by atoms with Crippen LogP contribution < -0.4 is 15.4 Å². The molecule has 0 saturated carbocycles. The van der Waals surface area contributed by atoms with Gasteiger partial charge in [0.1, 0.15) is 11.8 Å². The summed E-state index contributed by atoms with van der Waals surface area (Å²) in [5, 5.41) is 5.87. The van der Waals surface area contributed by atoms with Gasteiger partial charge in [0, 0.05) is 44.8 Å². The summed E-state index contributed by atoms with van der Waals surface area (Å²) in [6.07, 6.45) is 0. The maximum atomic E-state index is 12.9. The molecule has 2 N–H and O–H groups in total. The molecule has 2 aromatic rings. The number of nitrogens with one attached hydrogen (secondary N) is 2. The van der Waals surface area contributed by atoms with Gasteiger partial charge >= 0.3 is 0 Å². The normalized spacial score (nSPS) is 15.8. The number of amides is 2. The van der Waals surface area contributed by atoms with Gasteiger partial charge in [-0.05, 0) is 48.4 Å². The Balaban J connectivity index is 1.55. The highest BCUT2D eigenvalue weighted by molar-refractivity contribution is 5.97. The first-order valence-corrected chi connectivity index (χ1v) is 11.6. The van der Waals surface area contributed by atoms with Crippen LogP contribution in [0, 0.1) is 5.92 Å². The smallest absolute Gasteiger partial charge is 0.251 e. The number of ether oxygens (including phenoxy) is 1. The van der Waals surface area contributed by atoms with Gasteiger partial charge in [-0.15, -0.1) is 0 Å². The molecule has 1 heterocycles. The number of piperazine rings is 1. The van der Waals surface area contributed by atoms with E-state index >= 15 is 0 Å². The zero-order chi connectivity index (χ0) is 23.8. The van der Waals surface area contributed by atoms with Gasteiger partial charge in [-0.2, -0.15) is 0 Å². The molecule has 2 amide bonds. The van der Waals surface area contributed by atoms with Crippen LogP contribution in [0.1, 0.15) is 35.3 Å². The van der Waals surface area contributed by atoms with Crippen LogP contribution in [0.2, 0.25) is 0 Å². The molecule has 33 heavy (non-hydrogen) atoms. The number of nitrogens with zero attached hydrogens (tertiary/aromatic N) is 2. The molecule has 0 aliphatic carbocycles. The van der Waals surface area contributed by atoms with Crippen LogP contribution in [-0.4, -0.2) is 68.0 Å². The minimum atomic E-state index is -0.617. The summed E-state index contributed by atoms with van der Waals surface area (Å²) >= 11 is 0. The second-order valence-electron chi connectivity index (χ2n) is 9.04. The molecule has 1 aliphatic rings. The molecule has 0 aromatic heterocycles. The van der Waals surface area contributed by atoms with E-state index in [1.54, 1.807) is 31.4 Å². The van der Waals surface area contributed by atoms with Crippen LogP contribution in [0.15, 0.2) is 48.5 Å². The summed E-state index contributed by atoms with van der Waals surface area (Å²) in [6, 6.07) is 14.6. The minimum absolute atomic E-state index is 0.0456. The highest BCUT2D eigenvalue weighted by atomic mass is 16.5. The fourth-order valence-electron chi connectivity index (χ4n) is 3.90. The first-order chi connectivity index (χ1) is 15.9. The Hall–Kier alpha value is -2.90. The third kappa shape index (κ3) is 7.30. The third-order valence-corrected chi connectivity index (χ3v) is 6.05. The van der Waals surface area contributed by atoms with Crippen LogP contribution in [0.4, 0.5) is 0 Å². The lowest BCUT2D eigenvalue weighted by atomic mass is 10.0. The summed E-state index contributed by atoms with van der Waals surface area (Å²) in [6.45, 7) is 9.52.